The Bertz CT molecular complexity index is 578. The standard InChI is InChI=1S/C16H21N5O/c1(7-19-16-20-8-2-9-21-16)6-17-12-14-4-3-13-11-18-10-5-15(13)22-14/h2,5,8-11,14,17H,1,3-4,6-7,12H2,(H,19,20,21). The quantitative estimate of drug-likeness (QED) is 0.758. The number of nitrogens with one attached hydrogen (secondary N) is 2. The molecule has 1 unspecified atom stereocenters. The largest absolute Gasteiger partial charge is 0.489 e. The van der Waals surface area contributed by atoms with Crippen molar-refractivity contribution in [3.05, 3.63) is 42.5 Å². The van der Waals surface area contributed by atoms with Crippen LogP contribution in [0.1, 0.15) is 18.4 Å². The highest BCUT2D eigenvalue weighted by Crippen LogP contribution is 2.25. The molecular formula is C16H21N5O. The molecule has 2 N–H and O–H groups in total. The van der Waals surface area contributed by atoms with Crippen LogP contribution >= 0.6 is 0 Å². The summed E-state index contributed by atoms with van der Waals surface area (Å²) in [6, 6.07) is 3.76. The minimum absolute atomic E-state index is 0.250. The summed E-state index contributed by atoms with van der Waals surface area (Å²) in [6.45, 7) is 2.68. The molecule has 3 rings (SSSR count). The van der Waals surface area contributed by atoms with Crippen LogP contribution in [-0.2, 0) is 6.42 Å². The number of aromatic nitrogens is 3. The molecule has 0 spiro atoms. The van der Waals surface area contributed by atoms with Crippen molar-refractivity contribution < 1.29 is 4.74 Å². The Hall–Kier alpha value is -2.21. The van der Waals surface area contributed by atoms with Crippen LogP contribution in [0.2, 0.25) is 0 Å². The van der Waals surface area contributed by atoms with E-state index in [2.05, 4.69) is 25.6 Å². The molecule has 2 aromatic heterocycles. The van der Waals surface area contributed by atoms with Crippen molar-refractivity contribution in [1.82, 2.24) is 20.3 Å². The van der Waals surface area contributed by atoms with Gasteiger partial charge in [0.1, 0.15) is 11.9 Å². The fraction of sp³-hybridized carbons (Fsp3) is 0.438. The molecule has 0 radical (unpaired) electrons. The zero-order valence-electron chi connectivity index (χ0n) is 12.5. The predicted octanol–water partition coefficient (Wildman–Crippen LogP) is 1.66. The third-order valence-electron chi connectivity index (χ3n) is 3.64. The molecule has 3 heterocycles. The number of anilines is 1. The van der Waals surface area contributed by atoms with E-state index in [1.54, 1.807) is 18.6 Å². The number of rotatable bonds is 7. The second kappa shape index (κ2) is 7.70. The lowest BCUT2D eigenvalue weighted by Crippen LogP contribution is -2.35. The predicted molar refractivity (Wildman–Crippen MR) is 85.0 cm³/mol. The highest BCUT2D eigenvalue weighted by atomic mass is 16.5. The van der Waals surface area contributed by atoms with Crippen molar-refractivity contribution in [1.29, 1.82) is 0 Å². The van der Waals surface area contributed by atoms with Gasteiger partial charge in [0.15, 0.2) is 0 Å². The van der Waals surface area contributed by atoms with E-state index in [0.29, 0.717) is 5.95 Å². The summed E-state index contributed by atoms with van der Waals surface area (Å²) in [4.78, 5) is 12.4. The van der Waals surface area contributed by atoms with Gasteiger partial charge in [-0.3, -0.25) is 4.98 Å². The van der Waals surface area contributed by atoms with E-state index in [1.165, 1.54) is 5.56 Å². The van der Waals surface area contributed by atoms with Gasteiger partial charge in [-0.15, -0.1) is 0 Å². The Morgan fingerprint density at radius 1 is 1.18 bits per heavy atom. The molecule has 0 bridgehead atoms. The molecule has 0 amide bonds. The van der Waals surface area contributed by atoms with Crippen molar-refractivity contribution in [2.45, 2.75) is 25.4 Å². The molecule has 116 valence electrons. The molecule has 1 atom stereocenters. The summed E-state index contributed by atoms with van der Waals surface area (Å²) in [5, 5.41) is 6.65. The molecule has 2 aromatic rings. The molecule has 0 saturated heterocycles. The molecule has 6 heteroatoms. The normalized spacial score (nSPS) is 16.6. The van der Waals surface area contributed by atoms with Crippen LogP contribution in [0.5, 0.6) is 5.75 Å². The summed E-state index contributed by atoms with van der Waals surface area (Å²) in [6.07, 6.45) is 10.5. The number of fused-ring (bicyclic) bond motifs is 1. The first-order chi connectivity index (χ1) is 10.9. The van der Waals surface area contributed by atoms with Gasteiger partial charge in [0, 0.05) is 43.4 Å². The Kier molecular flexibility index (Phi) is 5.15. The fourth-order valence-corrected chi connectivity index (χ4v) is 2.48. The lowest BCUT2D eigenvalue weighted by molar-refractivity contribution is 0.170. The Balaban J connectivity index is 1.30. The zero-order valence-corrected chi connectivity index (χ0v) is 12.5. The van der Waals surface area contributed by atoms with Crippen molar-refractivity contribution >= 4 is 5.95 Å². The van der Waals surface area contributed by atoms with Crippen molar-refractivity contribution in [3.8, 4) is 5.75 Å². The Morgan fingerprint density at radius 3 is 3.00 bits per heavy atom. The van der Waals surface area contributed by atoms with Crippen molar-refractivity contribution in [2.75, 3.05) is 25.0 Å². The van der Waals surface area contributed by atoms with Crippen LogP contribution in [-0.4, -0.2) is 40.7 Å². The van der Waals surface area contributed by atoms with E-state index in [-0.39, 0.29) is 6.10 Å². The minimum Gasteiger partial charge on any atom is -0.489 e. The number of pyridine rings is 1. The number of ether oxygens (including phenoxy) is 1. The van der Waals surface area contributed by atoms with Gasteiger partial charge < -0.3 is 15.4 Å². The lowest BCUT2D eigenvalue weighted by Gasteiger charge is -2.26. The van der Waals surface area contributed by atoms with Crippen molar-refractivity contribution in [2.24, 2.45) is 0 Å². The molecule has 0 aliphatic carbocycles. The average molecular weight is 299 g/mol. The molecule has 1 aliphatic rings. The smallest absolute Gasteiger partial charge is 0.222 e. The maximum absolute atomic E-state index is 5.97. The van der Waals surface area contributed by atoms with Crippen LogP contribution in [0.15, 0.2) is 36.9 Å². The SMILES string of the molecule is c1cnc(NCCCNCC2CCc3cnccc3O2)nc1. The zero-order chi connectivity index (χ0) is 15.0. The van der Waals surface area contributed by atoms with Gasteiger partial charge in [0.2, 0.25) is 5.95 Å². The first kappa shape index (κ1) is 14.7. The molecular weight excluding hydrogens is 278 g/mol. The van der Waals surface area contributed by atoms with E-state index in [9.17, 15) is 0 Å². The molecule has 0 saturated carbocycles. The van der Waals surface area contributed by atoms with Crippen LogP contribution < -0.4 is 15.4 Å². The molecule has 1 aliphatic heterocycles. The first-order valence-electron chi connectivity index (χ1n) is 7.73. The van der Waals surface area contributed by atoms with Gasteiger partial charge in [-0.2, -0.15) is 0 Å². The summed E-state index contributed by atoms with van der Waals surface area (Å²) in [7, 11) is 0. The maximum Gasteiger partial charge on any atom is 0.222 e. The number of hydrogen-bond acceptors (Lipinski definition) is 6. The summed E-state index contributed by atoms with van der Waals surface area (Å²) in [5.74, 6) is 1.67. The van der Waals surface area contributed by atoms with Crippen molar-refractivity contribution in [3.63, 3.8) is 0 Å². The molecule has 6 nitrogen and oxygen atoms in total. The lowest BCUT2D eigenvalue weighted by atomic mass is 10.0. The minimum atomic E-state index is 0.250. The maximum atomic E-state index is 5.97. The Labute approximate surface area is 130 Å². The molecule has 0 fully saturated rings. The third kappa shape index (κ3) is 4.14. The third-order valence-corrected chi connectivity index (χ3v) is 3.64. The van der Waals surface area contributed by atoms with E-state index in [1.807, 2.05) is 18.3 Å². The number of hydrogen-bond donors (Lipinski definition) is 2. The van der Waals surface area contributed by atoms with E-state index >= 15 is 0 Å². The van der Waals surface area contributed by atoms with Crippen LogP contribution in [0.25, 0.3) is 0 Å². The summed E-state index contributed by atoms with van der Waals surface area (Å²) < 4.78 is 5.97. The molecule has 0 aromatic carbocycles. The van der Waals surface area contributed by atoms with Crippen LogP contribution in [0.3, 0.4) is 0 Å². The number of aryl methyl sites for hydroxylation is 1. The van der Waals surface area contributed by atoms with E-state index in [0.717, 1.165) is 44.6 Å². The first-order valence-corrected chi connectivity index (χ1v) is 7.73. The van der Waals surface area contributed by atoms with E-state index < -0.39 is 0 Å². The van der Waals surface area contributed by atoms with Gasteiger partial charge in [-0.1, -0.05) is 0 Å². The van der Waals surface area contributed by atoms with Crippen LogP contribution in [0, 0.1) is 0 Å². The molecule has 22 heavy (non-hydrogen) atoms. The summed E-state index contributed by atoms with van der Waals surface area (Å²) in [5.41, 5.74) is 1.21. The van der Waals surface area contributed by atoms with Gasteiger partial charge in [0.25, 0.3) is 0 Å². The highest BCUT2D eigenvalue weighted by Gasteiger charge is 2.18. The Morgan fingerprint density at radius 2 is 2.09 bits per heavy atom. The van der Waals surface area contributed by atoms with Crippen LogP contribution in [0.4, 0.5) is 5.95 Å². The number of nitrogens with zero attached hydrogens (tertiary/aromatic N) is 3. The van der Waals surface area contributed by atoms with E-state index in [4.69, 9.17) is 4.74 Å². The second-order valence-electron chi connectivity index (χ2n) is 5.32. The van der Waals surface area contributed by atoms with Gasteiger partial charge in [-0.25, -0.2) is 9.97 Å². The topological polar surface area (TPSA) is 72.0 Å². The fourth-order valence-electron chi connectivity index (χ4n) is 2.48. The van der Waals surface area contributed by atoms with Gasteiger partial charge >= 0.3 is 0 Å². The van der Waals surface area contributed by atoms with Gasteiger partial charge in [-0.05, 0) is 37.9 Å². The van der Waals surface area contributed by atoms with Gasteiger partial charge in [0.05, 0.1) is 0 Å². The average Bonchev–Trinajstić information content (AvgIpc) is 2.59. The highest BCUT2D eigenvalue weighted by molar-refractivity contribution is 5.32. The monoisotopic (exact) mass is 299 g/mol. The summed E-state index contributed by atoms with van der Waals surface area (Å²) >= 11 is 0. The second-order valence-corrected chi connectivity index (χ2v) is 5.32.